The van der Waals surface area contributed by atoms with Gasteiger partial charge in [0.15, 0.2) is 0 Å². The van der Waals surface area contributed by atoms with Crippen LogP contribution in [0.15, 0.2) is 29.2 Å². The lowest BCUT2D eigenvalue weighted by Gasteiger charge is -2.38. The number of hydrogen-bond acceptors (Lipinski definition) is 3. The maximum atomic E-state index is 12.5. The van der Waals surface area contributed by atoms with E-state index in [1.54, 1.807) is 11.8 Å². The second-order valence-electron chi connectivity index (χ2n) is 4.54. The van der Waals surface area contributed by atoms with Crippen LogP contribution in [0.1, 0.15) is 23.7 Å². The van der Waals surface area contributed by atoms with Crippen LogP contribution in [0.4, 0.5) is 0 Å². The van der Waals surface area contributed by atoms with Gasteiger partial charge in [-0.25, -0.2) is 0 Å². The lowest BCUT2D eigenvalue weighted by atomic mass is 10.1. The Hall–Kier alpha value is -1.00. The number of amides is 1. The number of carbonyl (C=O) groups excluding carboxylic acids is 1. The second kappa shape index (κ2) is 6.25. The highest BCUT2D eigenvalue weighted by molar-refractivity contribution is 7.98. The topological polar surface area (TPSA) is 32.3 Å². The smallest absolute Gasteiger partial charge is 0.254 e. The summed E-state index contributed by atoms with van der Waals surface area (Å²) in [7, 11) is 0. The zero-order valence-electron chi connectivity index (χ0n) is 11.0. The number of rotatable bonds is 5. The summed E-state index contributed by atoms with van der Waals surface area (Å²) in [5.41, 5.74) is 0.799. The molecule has 1 fully saturated rings. The maximum absolute atomic E-state index is 12.5. The fourth-order valence-electron chi connectivity index (χ4n) is 2.08. The Morgan fingerprint density at radius 2 is 2.06 bits per heavy atom. The minimum Gasteiger partial charge on any atom is -0.333 e. The molecule has 18 heavy (non-hydrogen) atoms. The quantitative estimate of drug-likeness (QED) is 0.828. The summed E-state index contributed by atoms with van der Waals surface area (Å²) in [5.74, 6) is 0.163. The van der Waals surface area contributed by atoms with E-state index in [0.29, 0.717) is 6.04 Å². The molecule has 0 radical (unpaired) electrons. The summed E-state index contributed by atoms with van der Waals surface area (Å²) in [6.07, 6.45) is 3.05. The van der Waals surface area contributed by atoms with Crippen molar-refractivity contribution in [1.29, 1.82) is 0 Å². The van der Waals surface area contributed by atoms with Crippen molar-refractivity contribution >= 4 is 17.7 Å². The van der Waals surface area contributed by atoms with Gasteiger partial charge in [0.1, 0.15) is 0 Å². The molecule has 1 aliphatic heterocycles. The molecule has 98 valence electrons. The van der Waals surface area contributed by atoms with E-state index in [0.717, 1.165) is 31.6 Å². The third-order valence-electron chi connectivity index (χ3n) is 3.26. The molecule has 1 aromatic carbocycles. The van der Waals surface area contributed by atoms with Gasteiger partial charge in [0.05, 0.1) is 6.04 Å². The van der Waals surface area contributed by atoms with Crippen molar-refractivity contribution in [2.24, 2.45) is 0 Å². The molecule has 1 saturated heterocycles. The Morgan fingerprint density at radius 1 is 1.39 bits per heavy atom. The van der Waals surface area contributed by atoms with Gasteiger partial charge in [-0.1, -0.05) is 6.92 Å². The summed E-state index contributed by atoms with van der Waals surface area (Å²) in [5, 5.41) is 3.23. The van der Waals surface area contributed by atoms with E-state index < -0.39 is 0 Å². The van der Waals surface area contributed by atoms with E-state index in [1.807, 2.05) is 35.4 Å². The third-order valence-corrected chi connectivity index (χ3v) is 4.01. The molecule has 4 heteroatoms. The maximum Gasteiger partial charge on any atom is 0.254 e. The van der Waals surface area contributed by atoms with Crippen LogP contribution in [-0.4, -0.2) is 42.7 Å². The van der Waals surface area contributed by atoms with Crippen LogP contribution in [0.5, 0.6) is 0 Å². The zero-order valence-corrected chi connectivity index (χ0v) is 11.8. The van der Waals surface area contributed by atoms with Crippen molar-refractivity contribution in [3.63, 3.8) is 0 Å². The van der Waals surface area contributed by atoms with Crippen molar-refractivity contribution in [2.45, 2.75) is 24.3 Å². The van der Waals surface area contributed by atoms with E-state index in [2.05, 4.69) is 12.2 Å². The Labute approximate surface area is 113 Å². The average molecular weight is 264 g/mol. The highest BCUT2D eigenvalue weighted by Gasteiger charge is 2.28. The SMILES string of the molecule is CCCN(C(=O)c1ccc(SC)cc1)C1CNC1. The fourth-order valence-corrected chi connectivity index (χ4v) is 2.49. The van der Waals surface area contributed by atoms with Gasteiger partial charge in [0, 0.05) is 30.1 Å². The van der Waals surface area contributed by atoms with Crippen molar-refractivity contribution in [3.05, 3.63) is 29.8 Å². The van der Waals surface area contributed by atoms with Crippen LogP contribution in [0, 0.1) is 0 Å². The molecule has 0 aliphatic carbocycles. The first-order chi connectivity index (χ1) is 8.76. The predicted molar refractivity (Wildman–Crippen MR) is 76.2 cm³/mol. The minimum absolute atomic E-state index is 0.163. The van der Waals surface area contributed by atoms with E-state index in [-0.39, 0.29) is 5.91 Å². The molecule has 3 nitrogen and oxygen atoms in total. The molecule has 0 saturated carbocycles. The van der Waals surface area contributed by atoms with Gasteiger partial charge in [-0.2, -0.15) is 0 Å². The summed E-state index contributed by atoms with van der Waals surface area (Å²) in [6, 6.07) is 8.27. The molecule has 2 rings (SSSR count). The lowest BCUT2D eigenvalue weighted by Crippen LogP contribution is -2.59. The Balaban J connectivity index is 2.10. The van der Waals surface area contributed by atoms with Gasteiger partial charge >= 0.3 is 0 Å². The first-order valence-electron chi connectivity index (χ1n) is 6.42. The van der Waals surface area contributed by atoms with Crippen LogP contribution in [0.3, 0.4) is 0 Å². The Kier molecular flexibility index (Phi) is 4.66. The van der Waals surface area contributed by atoms with Crippen LogP contribution in [-0.2, 0) is 0 Å². The summed E-state index contributed by atoms with van der Waals surface area (Å²) >= 11 is 1.69. The Bertz CT molecular complexity index is 401. The van der Waals surface area contributed by atoms with Crippen molar-refractivity contribution < 1.29 is 4.79 Å². The van der Waals surface area contributed by atoms with Crippen LogP contribution in [0.25, 0.3) is 0 Å². The van der Waals surface area contributed by atoms with Gasteiger partial charge in [-0.3, -0.25) is 4.79 Å². The van der Waals surface area contributed by atoms with E-state index in [1.165, 1.54) is 4.90 Å². The summed E-state index contributed by atoms with van der Waals surface area (Å²) < 4.78 is 0. The Morgan fingerprint density at radius 3 is 2.50 bits per heavy atom. The minimum atomic E-state index is 0.163. The molecule has 1 amide bonds. The monoisotopic (exact) mass is 264 g/mol. The fraction of sp³-hybridized carbons (Fsp3) is 0.500. The molecule has 0 aromatic heterocycles. The van der Waals surface area contributed by atoms with Crippen LogP contribution in [0.2, 0.25) is 0 Å². The second-order valence-corrected chi connectivity index (χ2v) is 5.42. The molecular formula is C14H20N2OS. The number of nitrogens with zero attached hydrogens (tertiary/aromatic N) is 1. The van der Waals surface area contributed by atoms with Gasteiger partial charge in [0.2, 0.25) is 0 Å². The van der Waals surface area contributed by atoms with Crippen molar-refractivity contribution in [1.82, 2.24) is 10.2 Å². The average Bonchev–Trinajstić information content (AvgIpc) is 2.35. The van der Waals surface area contributed by atoms with Gasteiger partial charge < -0.3 is 10.2 Å². The lowest BCUT2D eigenvalue weighted by molar-refractivity contribution is 0.0615. The molecule has 0 atom stereocenters. The molecule has 1 heterocycles. The normalized spacial score (nSPS) is 15.2. The highest BCUT2D eigenvalue weighted by Crippen LogP contribution is 2.17. The number of carbonyl (C=O) groups is 1. The van der Waals surface area contributed by atoms with Crippen molar-refractivity contribution in [2.75, 3.05) is 25.9 Å². The third kappa shape index (κ3) is 2.87. The molecule has 0 unspecified atom stereocenters. The number of hydrogen-bond donors (Lipinski definition) is 1. The predicted octanol–water partition coefficient (Wildman–Crippen LogP) is 2.23. The molecule has 1 aliphatic rings. The van der Waals surface area contributed by atoms with Crippen molar-refractivity contribution in [3.8, 4) is 0 Å². The van der Waals surface area contributed by atoms with Gasteiger partial charge in [0.25, 0.3) is 5.91 Å². The highest BCUT2D eigenvalue weighted by atomic mass is 32.2. The van der Waals surface area contributed by atoms with Gasteiger partial charge in [-0.05, 0) is 36.9 Å². The van der Waals surface area contributed by atoms with Crippen LogP contribution < -0.4 is 5.32 Å². The number of thioether (sulfide) groups is 1. The van der Waals surface area contributed by atoms with Gasteiger partial charge in [-0.15, -0.1) is 11.8 Å². The molecule has 0 bridgehead atoms. The number of benzene rings is 1. The standard InChI is InChI=1S/C14H20N2OS/c1-3-8-16(12-9-15-10-12)14(17)11-4-6-13(18-2)7-5-11/h4-7,12,15H,3,8-10H2,1-2H3. The van der Waals surface area contributed by atoms with E-state index in [9.17, 15) is 4.79 Å². The summed E-state index contributed by atoms with van der Waals surface area (Å²) in [4.78, 5) is 15.7. The largest absolute Gasteiger partial charge is 0.333 e. The van der Waals surface area contributed by atoms with E-state index in [4.69, 9.17) is 0 Å². The molecule has 0 spiro atoms. The summed E-state index contributed by atoms with van der Waals surface area (Å²) in [6.45, 7) is 4.81. The van der Waals surface area contributed by atoms with E-state index >= 15 is 0 Å². The molecule has 1 aromatic rings. The zero-order chi connectivity index (χ0) is 13.0. The number of nitrogens with one attached hydrogen (secondary N) is 1. The van der Waals surface area contributed by atoms with Crippen LogP contribution >= 0.6 is 11.8 Å². The molecule has 1 N–H and O–H groups in total. The first kappa shape index (κ1) is 13.4. The first-order valence-corrected chi connectivity index (χ1v) is 7.64. The molecular weight excluding hydrogens is 244 g/mol.